The lowest BCUT2D eigenvalue weighted by atomic mass is 10.1. The zero-order chi connectivity index (χ0) is 23.3. The predicted octanol–water partition coefficient (Wildman–Crippen LogP) is 4.09. The van der Waals surface area contributed by atoms with E-state index in [4.69, 9.17) is 9.47 Å². The maximum absolute atomic E-state index is 11.8. The summed E-state index contributed by atoms with van der Waals surface area (Å²) in [5.74, 6) is 1.57. The third kappa shape index (κ3) is 4.94. The summed E-state index contributed by atoms with van der Waals surface area (Å²) in [5.41, 5.74) is 6.34. The van der Waals surface area contributed by atoms with Gasteiger partial charge in [-0.25, -0.2) is 0 Å². The van der Waals surface area contributed by atoms with Crippen LogP contribution in [-0.4, -0.2) is 49.0 Å². The van der Waals surface area contributed by atoms with E-state index in [9.17, 15) is 10.1 Å². The maximum Gasteiger partial charge on any atom is 0.293 e. The van der Waals surface area contributed by atoms with Crippen LogP contribution < -0.4 is 19.8 Å². The van der Waals surface area contributed by atoms with E-state index in [1.807, 2.05) is 54.6 Å². The highest BCUT2D eigenvalue weighted by Gasteiger charge is 2.24. The van der Waals surface area contributed by atoms with Gasteiger partial charge in [-0.2, -0.15) is 5.10 Å². The van der Waals surface area contributed by atoms with Crippen LogP contribution in [-0.2, 0) is 6.54 Å². The molecule has 1 saturated heterocycles. The summed E-state index contributed by atoms with van der Waals surface area (Å²) in [6.45, 7) is 4.13. The first-order valence-corrected chi connectivity index (χ1v) is 11.1. The van der Waals surface area contributed by atoms with Crippen molar-refractivity contribution < 1.29 is 14.4 Å². The molecule has 2 aliphatic heterocycles. The van der Waals surface area contributed by atoms with Crippen LogP contribution in [0, 0.1) is 10.1 Å². The zero-order valence-electron chi connectivity index (χ0n) is 18.6. The summed E-state index contributed by atoms with van der Waals surface area (Å²) in [7, 11) is 0. The first-order chi connectivity index (χ1) is 16.7. The van der Waals surface area contributed by atoms with E-state index in [0.29, 0.717) is 24.3 Å². The lowest BCUT2D eigenvalue weighted by Gasteiger charge is -2.35. The van der Waals surface area contributed by atoms with Crippen molar-refractivity contribution in [2.45, 2.75) is 6.54 Å². The largest absolute Gasteiger partial charge is 0.454 e. The number of nitrogens with one attached hydrogen (secondary N) is 1. The molecule has 9 nitrogen and oxygen atoms in total. The van der Waals surface area contributed by atoms with Gasteiger partial charge in [0.05, 0.1) is 16.8 Å². The Bertz CT molecular complexity index is 1190. The van der Waals surface area contributed by atoms with Gasteiger partial charge < -0.3 is 14.4 Å². The SMILES string of the molecule is O=[N+]([O-])c1cc(/C=N\Nc2ccccc2)ccc1N1CCN(Cc2ccc3c(c2)OCO3)CC1. The lowest BCUT2D eigenvalue weighted by molar-refractivity contribution is -0.384. The third-order valence-electron chi connectivity index (χ3n) is 5.93. The number of piperazine rings is 1. The predicted molar refractivity (Wildman–Crippen MR) is 131 cm³/mol. The Kier molecular flexibility index (Phi) is 6.26. The van der Waals surface area contributed by atoms with Gasteiger partial charge in [0, 0.05) is 44.4 Å². The molecule has 0 unspecified atom stereocenters. The number of anilines is 2. The van der Waals surface area contributed by atoms with Gasteiger partial charge in [-0.3, -0.25) is 20.4 Å². The van der Waals surface area contributed by atoms with Crippen molar-refractivity contribution in [3.63, 3.8) is 0 Å². The summed E-state index contributed by atoms with van der Waals surface area (Å²) in [6.07, 6.45) is 1.59. The van der Waals surface area contributed by atoms with Crippen LogP contribution in [0.5, 0.6) is 11.5 Å². The summed E-state index contributed by atoms with van der Waals surface area (Å²) >= 11 is 0. The van der Waals surface area contributed by atoms with Gasteiger partial charge in [0.15, 0.2) is 11.5 Å². The van der Waals surface area contributed by atoms with Crippen molar-refractivity contribution in [2.24, 2.45) is 5.10 Å². The monoisotopic (exact) mass is 459 g/mol. The van der Waals surface area contributed by atoms with Gasteiger partial charge in [0.1, 0.15) is 5.69 Å². The fraction of sp³-hybridized carbons (Fsp3) is 0.240. The highest BCUT2D eigenvalue weighted by atomic mass is 16.7. The topological polar surface area (TPSA) is 92.5 Å². The molecule has 3 aromatic carbocycles. The third-order valence-corrected chi connectivity index (χ3v) is 5.93. The number of hydrazone groups is 1. The Morgan fingerprint density at radius 3 is 2.56 bits per heavy atom. The molecule has 2 heterocycles. The Hall–Kier alpha value is -4.11. The highest BCUT2D eigenvalue weighted by Crippen LogP contribution is 2.33. The minimum Gasteiger partial charge on any atom is -0.454 e. The molecule has 174 valence electrons. The fourth-order valence-corrected chi connectivity index (χ4v) is 4.17. The minimum absolute atomic E-state index is 0.0906. The fourth-order valence-electron chi connectivity index (χ4n) is 4.17. The number of nitro groups is 1. The standard InChI is InChI=1S/C25H25N5O4/c31-30(32)23-14-19(16-26-27-21-4-2-1-3-5-21)6-8-22(23)29-12-10-28(11-13-29)17-20-7-9-24-25(15-20)34-18-33-24/h1-9,14-16,27H,10-13,17-18H2/b26-16-. The molecule has 0 saturated carbocycles. The second-order valence-corrected chi connectivity index (χ2v) is 8.19. The van der Waals surface area contributed by atoms with Crippen LogP contribution in [0.2, 0.25) is 0 Å². The van der Waals surface area contributed by atoms with Gasteiger partial charge in [-0.05, 0) is 35.9 Å². The average Bonchev–Trinajstić information content (AvgIpc) is 3.33. The quantitative estimate of drug-likeness (QED) is 0.323. The zero-order valence-corrected chi connectivity index (χ0v) is 18.6. The molecule has 2 aliphatic rings. The lowest BCUT2D eigenvalue weighted by Crippen LogP contribution is -2.46. The smallest absolute Gasteiger partial charge is 0.293 e. The number of para-hydroxylation sites is 1. The number of nitro benzene ring substituents is 1. The van der Waals surface area contributed by atoms with Crippen molar-refractivity contribution in [2.75, 3.05) is 43.3 Å². The molecule has 0 radical (unpaired) electrons. The Morgan fingerprint density at radius 1 is 0.971 bits per heavy atom. The average molecular weight is 460 g/mol. The Morgan fingerprint density at radius 2 is 1.76 bits per heavy atom. The first-order valence-electron chi connectivity index (χ1n) is 11.1. The molecule has 0 bridgehead atoms. The van der Waals surface area contributed by atoms with Crippen LogP contribution in [0.15, 0.2) is 71.8 Å². The molecule has 9 heteroatoms. The summed E-state index contributed by atoms with van der Waals surface area (Å²) in [6, 6.07) is 20.8. The molecule has 1 fully saturated rings. The summed E-state index contributed by atoms with van der Waals surface area (Å²) in [5, 5.41) is 16.0. The number of ether oxygens (including phenoxy) is 2. The number of benzene rings is 3. The van der Waals surface area contributed by atoms with Crippen molar-refractivity contribution in [3.8, 4) is 11.5 Å². The van der Waals surface area contributed by atoms with Gasteiger partial charge in [-0.15, -0.1) is 0 Å². The van der Waals surface area contributed by atoms with E-state index in [1.165, 1.54) is 0 Å². The molecule has 1 N–H and O–H groups in total. The number of fused-ring (bicyclic) bond motifs is 1. The van der Waals surface area contributed by atoms with Crippen LogP contribution in [0.3, 0.4) is 0 Å². The second-order valence-electron chi connectivity index (χ2n) is 8.19. The molecule has 3 aromatic rings. The molecule has 0 spiro atoms. The first kappa shape index (κ1) is 21.7. The van der Waals surface area contributed by atoms with E-state index in [2.05, 4.69) is 26.4 Å². The maximum atomic E-state index is 11.8. The number of hydrogen-bond donors (Lipinski definition) is 1. The van der Waals surface area contributed by atoms with Crippen LogP contribution in [0.4, 0.5) is 17.1 Å². The van der Waals surface area contributed by atoms with Gasteiger partial charge in [0.2, 0.25) is 6.79 Å². The summed E-state index contributed by atoms with van der Waals surface area (Å²) in [4.78, 5) is 15.9. The van der Waals surface area contributed by atoms with E-state index >= 15 is 0 Å². The van der Waals surface area contributed by atoms with Crippen molar-refractivity contribution >= 4 is 23.3 Å². The van der Waals surface area contributed by atoms with Crippen LogP contribution in [0.1, 0.15) is 11.1 Å². The normalized spacial score (nSPS) is 15.6. The molecule has 0 atom stereocenters. The van der Waals surface area contributed by atoms with Crippen molar-refractivity contribution in [1.29, 1.82) is 0 Å². The molecular weight excluding hydrogens is 434 g/mol. The van der Waals surface area contributed by atoms with Gasteiger partial charge in [0.25, 0.3) is 5.69 Å². The molecule has 0 amide bonds. The van der Waals surface area contributed by atoms with E-state index in [-0.39, 0.29) is 17.4 Å². The molecule has 0 aromatic heterocycles. The minimum atomic E-state index is -0.323. The van der Waals surface area contributed by atoms with Gasteiger partial charge >= 0.3 is 0 Å². The number of nitrogens with zero attached hydrogens (tertiary/aromatic N) is 4. The molecule has 5 rings (SSSR count). The number of rotatable bonds is 7. The molecule has 34 heavy (non-hydrogen) atoms. The van der Waals surface area contributed by atoms with E-state index in [0.717, 1.165) is 42.4 Å². The Labute approximate surface area is 197 Å². The second kappa shape index (κ2) is 9.80. The summed E-state index contributed by atoms with van der Waals surface area (Å²) < 4.78 is 10.8. The van der Waals surface area contributed by atoms with Crippen molar-refractivity contribution in [1.82, 2.24) is 4.90 Å². The Balaban J connectivity index is 1.22. The van der Waals surface area contributed by atoms with Crippen LogP contribution >= 0.6 is 0 Å². The van der Waals surface area contributed by atoms with Crippen LogP contribution in [0.25, 0.3) is 0 Å². The van der Waals surface area contributed by atoms with E-state index in [1.54, 1.807) is 12.3 Å². The number of hydrogen-bond acceptors (Lipinski definition) is 8. The van der Waals surface area contributed by atoms with Crippen molar-refractivity contribution in [3.05, 3.63) is 88.0 Å². The molecule has 0 aliphatic carbocycles. The molecular formula is C25H25N5O4. The van der Waals surface area contributed by atoms with Gasteiger partial charge in [-0.1, -0.05) is 30.3 Å². The highest BCUT2D eigenvalue weighted by molar-refractivity contribution is 5.83. The van der Waals surface area contributed by atoms with E-state index < -0.39 is 0 Å².